The van der Waals surface area contributed by atoms with Crippen molar-refractivity contribution in [1.29, 1.82) is 0 Å². The fraction of sp³-hybridized carbons (Fsp3) is 0.500. The molecule has 23 heavy (non-hydrogen) atoms. The highest BCUT2D eigenvalue weighted by atomic mass is 16.5. The molecule has 2 aliphatic heterocycles. The molecule has 3 rings (SSSR count). The van der Waals surface area contributed by atoms with E-state index in [4.69, 9.17) is 4.74 Å². The van der Waals surface area contributed by atoms with E-state index in [-0.39, 0.29) is 24.6 Å². The van der Waals surface area contributed by atoms with E-state index in [0.717, 1.165) is 18.8 Å². The van der Waals surface area contributed by atoms with Crippen LogP contribution >= 0.6 is 0 Å². The smallest absolute Gasteiger partial charge is 0.317 e. The van der Waals surface area contributed by atoms with Gasteiger partial charge < -0.3 is 25.2 Å². The van der Waals surface area contributed by atoms with Crippen molar-refractivity contribution in [2.75, 3.05) is 43.0 Å². The number of fused-ring (bicyclic) bond motifs is 1. The Bertz CT molecular complexity index is 609. The van der Waals surface area contributed by atoms with Crippen LogP contribution in [-0.4, -0.2) is 55.7 Å². The standard InChI is InChI=1S/C16H22N4O3/c1-11(2)17-16(22)20-8-6-19(7-9-20)13-5-3-4-12-15(13)23-10-14(21)18-12/h3-5,11H,6-10H2,1-2H3,(H,17,22)(H,18,21). The van der Waals surface area contributed by atoms with Gasteiger partial charge in [-0.1, -0.05) is 6.07 Å². The minimum absolute atomic E-state index is 0.0155. The molecule has 2 heterocycles. The van der Waals surface area contributed by atoms with Crippen LogP contribution < -0.4 is 20.3 Å². The lowest BCUT2D eigenvalue weighted by Gasteiger charge is -2.37. The third-order valence-electron chi connectivity index (χ3n) is 3.94. The van der Waals surface area contributed by atoms with Crippen molar-refractivity contribution in [3.05, 3.63) is 18.2 Å². The van der Waals surface area contributed by atoms with Gasteiger partial charge in [0, 0.05) is 32.2 Å². The van der Waals surface area contributed by atoms with E-state index in [0.29, 0.717) is 24.5 Å². The largest absolute Gasteiger partial charge is 0.479 e. The lowest BCUT2D eigenvalue weighted by atomic mass is 10.2. The number of piperazine rings is 1. The maximum absolute atomic E-state index is 12.0. The van der Waals surface area contributed by atoms with Gasteiger partial charge in [-0.05, 0) is 26.0 Å². The van der Waals surface area contributed by atoms with E-state index >= 15 is 0 Å². The van der Waals surface area contributed by atoms with Crippen molar-refractivity contribution in [3.63, 3.8) is 0 Å². The maximum atomic E-state index is 12.0. The lowest BCUT2D eigenvalue weighted by molar-refractivity contribution is -0.118. The number of nitrogens with one attached hydrogen (secondary N) is 2. The van der Waals surface area contributed by atoms with Crippen molar-refractivity contribution in [3.8, 4) is 5.75 Å². The molecular formula is C16H22N4O3. The van der Waals surface area contributed by atoms with Crippen molar-refractivity contribution in [2.45, 2.75) is 19.9 Å². The predicted octanol–water partition coefficient (Wildman–Crippen LogP) is 1.26. The minimum Gasteiger partial charge on any atom is -0.479 e. The number of hydrogen-bond acceptors (Lipinski definition) is 4. The summed E-state index contributed by atoms with van der Waals surface area (Å²) in [4.78, 5) is 27.5. The molecule has 0 saturated carbocycles. The van der Waals surface area contributed by atoms with Gasteiger partial charge in [-0.3, -0.25) is 4.79 Å². The molecule has 0 unspecified atom stereocenters. The minimum atomic E-state index is -0.134. The summed E-state index contributed by atoms with van der Waals surface area (Å²) in [5.74, 6) is 0.581. The Labute approximate surface area is 135 Å². The fourth-order valence-electron chi connectivity index (χ4n) is 2.84. The second kappa shape index (κ2) is 6.36. The Morgan fingerprint density at radius 1 is 1.26 bits per heavy atom. The molecule has 0 aliphatic carbocycles. The van der Waals surface area contributed by atoms with Gasteiger partial charge in [0.1, 0.15) is 0 Å². The van der Waals surface area contributed by atoms with Crippen LogP contribution in [0.1, 0.15) is 13.8 Å². The first-order valence-electron chi connectivity index (χ1n) is 7.90. The van der Waals surface area contributed by atoms with Crippen molar-refractivity contribution < 1.29 is 14.3 Å². The highest BCUT2D eigenvalue weighted by Gasteiger charge is 2.26. The van der Waals surface area contributed by atoms with Crippen LogP contribution in [-0.2, 0) is 4.79 Å². The molecule has 124 valence electrons. The van der Waals surface area contributed by atoms with Gasteiger partial charge in [0.25, 0.3) is 5.91 Å². The highest BCUT2D eigenvalue weighted by Crippen LogP contribution is 2.38. The van der Waals surface area contributed by atoms with Crippen LogP contribution in [0.15, 0.2) is 18.2 Å². The number of carbonyl (C=O) groups is 2. The van der Waals surface area contributed by atoms with E-state index in [2.05, 4.69) is 15.5 Å². The molecule has 1 aromatic rings. The molecule has 0 radical (unpaired) electrons. The Balaban J connectivity index is 1.68. The zero-order chi connectivity index (χ0) is 16.4. The van der Waals surface area contributed by atoms with Gasteiger partial charge in [0.15, 0.2) is 12.4 Å². The quantitative estimate of drug-likeness (QED) is 0.861. The summed E-state index contributed by atoms with van der Waals surface area (Å²) in [5.41, 5.74) is 1.67. The monoisotopic (exact) mass is 318 g/mol. The SMILES string of the molecule is CC(C)NC(=O)N1CCN(c2cccc3c2OCC(=O)N3)CC1. The zero-order valence-corrected chi connectivity index (χ0v) is 13.5. The molecule has 0 bridgehead atoms. The summed E-state index contributed by atoms with van der Waals surface area (Å²) < 4.78 is 5.60. The molecule has 7 heteroatoms. The van der Waals surface area contributed by atoms with Crippen LogP contribution in [0, 0.1) is 0 Å². The van der Waals surface area contributed by atoms with Crippen molar-refractivity contribution in [2.24, 2.45) is 0 Å². The van der Waals surface area contributed by atoms with Gasteiger partial charge >= 0.3 is 6.03 Å². The third-order valence-corrected chi connectivity index (χ3v) is 3.94. The molecule has 7 nitrogen and oxygen atoms in total. The average Bonchev–Trinajstić information content (AvgIpc) is 2.53. The van der Waals surface area contributed by atoms with Crippen LogP contribution in [0.25, 0.3) is 0 Å². The Morgan fingerprint density at radius 2 is 2.00 bits per heavy atom. The first kappa shape index (κ1) is 15.5. The molecule has 0 aromatic heterocycles. The summed E-state index contributed by atoms with van der Waals surface area (Å²) in [6.45, 7) is 6.74. The number of anilines is 2. The fourth-order valence-corrected chi connectivity index (χ4v) is 2.84. The number of urea groups is 1. The number of ether oxygens (including phenoxy) is 1. The van der Waals surface area contributed by atoms with Crippen molar-refractivity contribution >= 4 is 23.3 Å². The average molecular weight is 318 g/mol. The summed E-state index contributed by atoms with van der Waals surface area (Å²) in [7, 11) is 0. The first-order chi connectivity index (χ1) is 11.0. The van der Waals surface area contributed by atoms with Gasteiger partial charge in [-0.25, -0.2) is 4.79 Å². The van der Waals surface area contributed by atoms with E-state index in [9.17, 15) is 9.59 Å². The molecule has 2 aliphatic rings. The summed E-state index contributed by atoms with van der Waals surface area (Å²) in [6.07, 6.45) is 0. The predicted molar refractivity (Wildman–Crippen MR) is 88.0 cm³/mol. The highest BCUT2D eigenvalue weighted by molar-refractivity contribution is 5.97. The summed E-state index contributed by atoms with van der Waals surface area (Å²) >= 11 is 0. The number of amides is 3. The van der Waals surface area contributed by atoms with Crippen LogP contribution in [0.4, 0.5) is 16.2 Å². The van der Waals surface area contributed by atoms with Crippen LogP contribution in [0.2, 0.25) is 0 Å². The molecule has 0 spiro atoms. The Kier molecular flexibility index (Phi) is 4.27. The van der Waals surface area contributed by atoms with Crippen LogP contribution in [0.5, 0.6) is 5.75 Å². The second-order valence-electron chi connectivity index (χ2n) is 6.07. The number of carbonyl (C=O) groups excluding carboxylic acids is 2. The summed E-state index contributed by atoms with van der Waals surface area (Å²) in [5, 5.41) is 5.74. The van der Waals surface area contributed by atoms with E-state index in [1.54, 1.807) is 0 Å². The van der Waals surface area contributed by atoms with Gasteiger partial charge in [-0.15, -0.1) is 0 Å². The second-order valence-corrected chi connectivity index (χ2v) is 6.07. The van der Waals surface area contributed by atoms with E-state index in [1.807, 2.05) is 36.9 Å². The zero-order valence-electron chi connectivity index (χ0n) is 13.5. The Hall–Kier alpha value is -2.44. The summed E-state index contributed by atoms with van der Waals surface area (Å²) in [6, 6.07) is 5.85. The molecule has 1 saturated heterocycles. The first-order valence-corrected chi connectivity index (χ1v) is 7.90. The number of benzene rings is 1. The number of rotatable bonds is 2. The number of para-hydroxylation sites is 1. The van der Waals surface area contributed by atoms with Gasteiger partial charge in [0.05, 0.1) is 11.4 Å². The van der Waals surface area contributed by atoms with Crippen LogP contribution in [0.3, 0.4) is 0 Å². The third kappa shape index (κ3) is 3.33. The molecule has 3 amide bonds. The molecule has 2 N–H and O–H groups in total. The van der Waals surface area contributed by atoms with Gasteiger partial charge in [0.2, 0.25) is 0 Å². The van der Waals surface area contributed by atoms with Gasteiger partial charge in [-0.2, -0.15) is 0 Å². The number of hydrogen-bond donors (Lipinski definition) is 2. The molecular weight excluding hydrogens is 296 g/mol. The van der Waals surface area contributed by atoms with Crippen molar-refractivity contribution in [1.82, 2.24) is 10.2 Å². The van der Waals surface area contributed by atoms with E-state index in [1.165, 1.54) is 0 Å². The maximum Gasteiger partial charge on any atom is 0.317 e. The molecule has 0 atom stereocenters. The molecule has 1 aromatic carbocycles. The molecule has 1 fully saturated rings. The lowest BCUT2D eigenvalue weighted by Crippen LogP contribution is -2.53. The Morgan fingerprint density at radius 3 is 2.70 bits per heavy atom. The number of nitrogens with zero attached hydrogens (tertiary/aromatic N) is 2. The van der Waals surface area contributed by atoms with E-state index < -0.39 is 0 Å². The normalized spacial score (nSPS) is 17.4. The topological polar surface area (TPSA) is 73.9 Å².